The number of rotatable bonds is 9. The number of fused-ring (bicyclic) bond motifs is 1. The Balaban J connectivity index is 1.87. The van der Waals surface area contributed by atoms with Crippen LogP contribution in [0.4, 0.5) is 5.69 Å². The van der Waals surface area contributed by atoms with Gasteiger partial charge < -0.3 is 23.7 Å². The molecule has 35 heavy (non-hydrogen) atoms. The van der Waals surface area contributed by atoms with Gasteiger partial charge in [-0.15, -0.1) is 17.9 Å². The molecule has 182 valence electrons. The molecule has 0 saturated heterocycles. The molecule has 0 aliphatic carbocycles. The van der Waals surface area contributed by atoms with Crippen molar-refractivity contribution < 1.29 is 28.6 Å². The van der Waals surface area contributed by atoms with Crippen molar-refractivity contribution in [3.05, 3.63) is 62.8 Å². The van der Waals surface area contributed by atoms with Gasteiger partial charge in [-0.1, -0.05) is 6.08 Å². The van der Waals surface area contributed by atoms with Crippen molar-refractivity contribution in [3.8, 4) is 40.0 Å². The Labute approximate surface area is 204 Å². The van der Waals surface area contributed by atoms with Gasteiger partial charge in [-0.3, -0.25) is 15.1 Å². The van der Waals surface area contributed by atoms with E-state index in [1.165, 1.54) is 51.0 Å². The Morgan fingerprint density at radius 2 is 1.83 bits per heavy atom. The van der Waals surface area contributed by atoms with Crippen molar-refractivity contribution in [1.29, 1.82) is 0 Å². The molecule has 0 saturated carbocycles. The van der Waals surface area contributed by atoms with E-state index in [-0.39, 0.29) is 18.0 Å². The van der Waals surface area contributed by atoms with Crippen LogP contribution in [0, 0.1) is 10.1 Å². The number of nitro benzene ring substituents is 1. The van der Waals surface area contributed by atoms with Crippen LogP contribution in [0.5, 0.6) is 28.7 Å². The summed E-state index contributed by atoms with van der Waals surface area (Å²) in [4.78, 5) is 16.2. The first-order chi connectivity index (χ1) is 17.0. The predicted molar refractivity (Wildman–Crippen MR) is 130 cm³/mol. The van der Waals surface area contributed by atoms with E-state index in [0.717, 1.165) is 0 Å². The Morgan fingerprint density at radius 1 is 1.14 bits per heavy atom. The quantitative estimate of drug-likeness (QED) is 0.190. The molecule has 0 atom stereocenters. The summed E-state index contributed by atoms with van der Waals surface area (Å²) < 4.78 is 28.6. The summed E-state index contributed by atoms with van der Waals surface area (Å²) in [5.74, 6) is 2.13. The minimum absolute atomic E-state index is 0.00221. The predicted octanol–water partition coefficient (Wildman–Crippen LogP) is 3.85. The van der Waals surface area contributed by atoms with Crippen LogP contribution >= 0.6 is 11.3 Å². The second kappa shape index (κ2) is 10.3. The van der Waals surface area contributed by atoms with Crippen LogP contribution in [0.2, 0.25) is 0 Å². The second-order valence-corrected chi connectivity index (χ2v) is 7.86. The van der Waals surface area contributed by atoms with Crippen molar-refractivity contribution in [1.82, 2.24) is 4.68 Å². The number of hydrogen-bond acceptors (Lipinski definition) is 10. The summed E-state index contributed by atoms with van der Waals surface area (Å²) in [7, 11) is 4.59. The molecule has 0 N–H and O–H groups in total. The van der Waals surface area contributed by atoms with E-state index in [9.17, 15) is 10.1 Å². The summed E-state index contributed by atoms with van der Waals surface area (Å²) in [5, 5.41) is 18.1. The van der Waals surface area contributed by atoms with Crippen molar-refractivity contribution in [2.24, 2.45) is 10.1 Å². The minimum Gasteiger partial charge on any atom is -0.493 e. The van der Waals surface area contributed by atoms with Crippen molar-refractivity contribution in [2.75, 3.05) is 34.7 Å². The zero-order valence-corrected chi connectivity index (χ0v) is 20.0. The normalized spacial score (nSPS) is 12.7. The maximum Gasteiger partial charge on any atom is 0.282 e. The summed E-state index contributed by atoms with van der Waals surface area (Å²) in [6.07, 6.45) is 3.05. The highest BCUT2D eigenvalue weighted by Gasteiger charge is 2.23. The minimum atomic E-state index is -0.495. The fraction of sp³-hybridized carbons (Fsp3) is 0.217. The van der Waals surface area contributed by atoms with Crippen LogP contribution in [0.15, 0.2) is 52.4 Å². The van der Waals surface area contributed by atoms with Gasteiger partial charge in [0, 0.05) is 10.9 Å². The number of nitro groups is 1. The maximum absolute atomic E-state index is 11.7. The third-order valence-electron chi connectivity index (χ3n) is 5.03. The SMILES string of the molecule is C=CCN=c1scc(-c2cc(OC)c(OC)c(OC)c2)n1/N=C/c1cc2c(cc1[N+](=O)[O-])OCO2. The third-order valence-corrected chi connectivity index (χ3v) is 5.89. The van der Waals surface area contributed by atoms with E-state index in [4.69, 9.17) is 23.7 Å². The van der Waals surface area contributed by atoms with Crippen LogP contribution in [0.1, 0.15) is 5.56 Å². The molecule has 3 aromatic rings. The molecular formula is C23H22N4O7S. The van der Waals surface area contributed by atoms with Gasteiger partial charge in [-0.25, -0.2) is 4.68 Å². The third kappa shape index (κ3) is 4.68. The molecule has 4 rings (SSSR count). The monoisotopic (exact) mass is 498 g/mol. The number of nitrogens with zero attached hydrogens (tertiary/aromatic N) is 4. The Bertz CT molecular complexity index is 1350. The highest BCUT2D eigenvalue weighted by Crippen LogP contribution is 2.41. The topological polar surface area (TPSA) is 119 Å². The van der Waals surface area contributed by atoms with E-state index in [1.54, 1.807) is 22.9 Å². The Hall–Kier alpha value is -4.32. The van der Waals surface area contributed by atoms with Gasteiger partial charge in [0.15, 0.2) is 23.0 Å². The number of ether oxygens (including phenoxy) is 5. The van der Waals surface area contributed by atoms with Crippen molar-refractivity contribution in [3.63, 3.8) is 0 Å². The van der Waals surface area contributed by atoms with Crippen LogP contribution in [-0.2, 0) is 0 Å². The molecule has 0 unspecified atom stereocenters. The highest BCUT2D eigenvalue weighted by atomic mass is 32.1. The molecule has 1 aliphatic rings. The van der Waals surface area contributed by atoms with Crippen molar-refractivity contribution >= 4 is 23.2 Å². The van der Waals surface area contributed by atoms with E-state index in [0.29, 0.717) is 51.4 Å². The molecule has 2 aromatic carbocycles. The first-order valence-electron chi connectivity index (χ1n) is 10.2. The van der Waals surface area contributed by atoms with E-state index >= 15 is 0 Å². The lowest BCUT2D eigenvalue weighted by atomic mass is 10.1. The Kier molecular flexibility index (Phi) is 7.01. The zero-order chi connectivity index (χ0) is 24.9. The van der Waals surface area contributed by atoms with Crippen LogP contribution in [0.3, 0.4) is 0 Å². The average Bonchev–Trinajstić information content (AvgIpc) is 3.50. The largest absolute Gasteiger partial charge is 0.493 e. The second-order valence-electron chi connectivity index (χ2n) is 7.02. The molecule has 0 spiro atoms. The molecule has 0 fully saturated rings. The average molecular weight is 499 g/mol. The van der Waals surface area contributed by atoms with Crippen LogP contribution < -0.4 is 28.5 Å². The van der Waals surface area contributed by atoms with Gasteiger partial charge in [-0.2, -0.15) is 5.10 Å². The van der Waals surface area contributed by atoms with E-state index in [1.807, 2.05) is 5.38 Å². The van der Waals surface area contributed by atoms with E-state index < -0.39 is 4.92 Å². The summed E-state index contributed by atoms with van der Waals surface area (Å²) in [6.45, 7) is 4.08. The molecular weight excluding hydrogens is 476 g/mol. The first kappa shape index (κ1) is 23.8. The molecule has 0 bridgehead atoms. The molecule has 11 nitrogen and oxygen atoms in total. The Morgan fingerprint density at radius 3 is 2.43 bits per heavy atom. The lowest BCUT2D eigenvalue weighted by molar-refractivity contribution is -0.385. The molecule has 1 aromatic heterocycles. The number of hydrogen-bond donors (Lipinski definition) is 0. The number of methoxy groups -OCH3 is 3. The summed E-state index contributed by atoms with van der Waals surface area (Å²) in [6, 6.07) is 6.42. The zero-order valence-electron chi connectivity index (χ0n) is 19.2. The van der Waals surface area contributed by atoms with E-state index in [2.05, 4.69) is 16.7 Å². The van der Waals surface area contributed by atoms with Gasteiger partial charge in [0.25, 0.3) is 5.69 Å². The van der Waals surface area contributed by atoms with Crippen LogP contribution in [0.25, 0.3) is 11.3 Å². The van der Waals surface area contributed by atoms with Gasteiger partial charge >= 0.3 is 0 Å². The highest BCUT2D eigenvalue weighted by molar-refractivity contribution is 7.07. The fourth-order valence-corrected chi connectivity index (χ4v) is 4.26. The lowest BCUT2D eigenvalue weighted by Gasteiger charge is -2.14. The van der Waals surface area contributed by atoms with Gasteiger partial charge in [0.05, 0.1) is 56.3 Å². The van der Waals surface area contributed by atoms with Gasteiger partial charge in [0.1, 0.15) is 0 Å². The summed E-state index contributed by atoms with van der Waals surface area (Å²) >= 11 is 1.36. The number of benzene rings is 2. The number of aromatic nitrogens is 1. The summed E-state index contributed by atoms with van der Waals surface area (Å²) in [5.41, 5.74) is 1.47. The van der Waals surface area contributed by atoms with Crippen LogP contribution in [-0.4, -0.2) is 50.5 Å². The maximum atomic E-state index is 11.7. The fourth-order valence-electron chi connectivity index (χ4n) is 3.42. The smallest absolute Gasteiger partial charge is 0.282 e. The van der Waals surface area contributed by atoms with Gasteiger partial charge in [-0.05, 0) is 18.2 Å². The molecule has 2 heterocycles. The standard InChI is InChI=1S/C23H22N4O7S/c1-5-6-24-23-26(25-11-15-9-18-19(34-13-33-18)10-16(15)27(28)29)17(12-35-23)14-7-20(30-2)22(32-4)21(8-14)31-3/h5,7-12H,1,6,13H2,2-4H3/b24-23?,25-11+. The molecule has 0 radical (unpaired) electrons. The number of thiazole rings is 1. The first-order valence-corrected chi connectivity index (χ1v) is 11.1. The molecule has 0 amide bonds. The van der Waals surface area contributed by atoms with Gasteiger partial charge in [0.2, 0.25) is 17.3 Å². The molecule has 1 aliphatic heterocycles. The lowest BCUT2D eigenvalue weighted by Crippen LogP contribution is -2.13. The molecule has 12 heteroatoms. The van der Waals surface area contributed by atoms with Crippen molar-refractivity contribution in [2.45, 2.75) is 0 Å².